The monoisotopic (exact) mass is 466 g/mol. The van der Waals surface area contributed by atoms with Gasteiger partial charge in [-0.2, -0.15) is 0 Å². The van der Waals surface area contributed by atoms with Crippen LogP contribution < -0.4 is 10.6 Å². The van der Waals surface area contributed by atoms with Crippen LogP contribution >= 0.6 is 7.14 Å². The fourth-order valence-electron chi connectivity index (χ4n) is 4.32. The third kappa shape index (κ3) is 4.98. The molecule has 0 heterocycles. The first-order chi connectivity index (χ1) is 16.3. The predicted molar refractivity (Wildman–Crippen MR) is 143 cm³/mol. The second kappa shape index (κ2) is 9.95. The average Bonchev–Trinajstić information content (AvgIpc) is 2.84. The molecule has 0 radical (unpaired) electrons. The van der Waals surface area contributed by atoms with Crippen molar-refractivity contribution in [1.82, 2.24) is 0 Å². The molecule has 4 rings (SSSR count). The van der Waals surface area contributed by atoms with Crippen molar-refractivity contribution in [2.24, 2.45) is 0 Å². The molecule has 2 nitrogen and oxygen atoms in total. The van der Waals surface area contributed by atoms with E-state index in [1.807, 2.05) is 125 Å². The van der Waals surface area contributed by atoms with Gasteiger partial charge < -0.3 is 4.57 Å². The minimum absolute atomic E-state index is 0.00465. The Kier molecular flexibility index (Phi) is 7.00. The predicted octanol–water partition coefficient (Wildman–Crippen LogP) is 7.25. The normalized spacial score (nSPS) is 12.4. The van der Waals surface area contributed by atoms with Crippen molar-refractivity contribution >= 4 is 23.5 Å². The summed E-state index contributed by atoms with van der Waals surface area (Å²) < 4.78 is 15.3. The van der Waals surface area contributed by atoms with E-state index in [0.717, 1.165) is 38.4 Å². The molecule has 0 aliphatic heterocycles. The number of carbonyl (C=O) groups is 1. The summed E-state index contributed by atoms with van der Waals surface area (Å²) in [6.45, 7) is 8.10. The number of aryl methyl sites for hydroxylation is 4. The second-order valence-corrected chi connectivity index (χ2v) is 12.2. The lowest BCUT2D eigenvalue weighted by Gasteiger charge is -2.29. The number of carbonyl (C=O) groups excluding carboxylic acids is 1. The number of ketones is 1. The molecule has 0 aliphatic rings. The quantitative estimate of drug-likeness (QED) is 0.212. The lowest BCUT2D eigenvalue weighted by Crippen LogP contribution is -2.23. The van der Waals surface area contributed by atoms with Crippen LogP contribution in [-0.4, -0.2) is 5.78 Å². The smallest absolute Gasteiger partial charge is 0.163 e. The average molecular weight is 467 g/mol. The fourth-order valence-corrected chi connectivity index (χ4v) is 7.54. The van der Waals surface area contributed by atoms with E-state index < -0.39 is 12.8 Å². The molecule has 172 valence electrons. The van der Waals surface area contributed by atoms with Crippen LogP contribution in [0.3, 0.4) is 0 Å². The molecular weight excluding hydrogens is 435 g/mol. The molecule has 0 aliphatic carbocycles. The summed E-state index contributed by atoms with van der Waals surface area (Å²) in [6, 6.07) is 31.6. The Morgan fingerprint density at radius 2 is 0.941 bits per heavy atom. The van der Waals surface area contributed by atoms with E-state index in [1.165, 1.54) is 0 Å². The highest BCUT2D eigenvalue weighted by Gasteiger charge is 2.39. The molecular formula is C31H31O2P. The summed E-state index contributed by atoms with van der Waals surface area (Å²) in [5, 5.41) is 1.56. The highest BCUT2D eigenvalue weighted by Crippen LogP contribution is 2.59. The molecule has 0 bridgehead atoms. The van der Waals surface area contributed by atoms with Gasteiger partial charge in [0, 0.05) is 22.6 Å². The van der Waals surface area contributed by atoms with Crippen molar-refractivity contribution in [2.75, 3.05) is 0 Å². The van der Waals surface area contributed by atoms with Crippen LogP contribution in [-0.2, 0) is 4.57 Å². The third-order valence-electron chi connectivity index (χ3n) is 6.49. The van der Waals surface area contributed by atoms with Gasteiger partial charge in [0.1, 0.15) is 0 Å². The van der Waals surface area contributed by atoms with Crippen molar-refractivity contribution in [3.05, 3.63) is 130 Å². The van der Waals surface area contributed by atoms with E-state index in [1.54, 1.807) is 0 Å². The summed E-state index contributed by atoms with van der Waals surface area (Å²) in [6.07, 6.45) is 0.172. The summed E-state index contributed by atoms with van der Waals surface area (Å²) in [5.74, 6) is 0.00465. The Balaban J connectivity index is 1.90. The highest BCUT2D eigenvalue weighted by molar-refractivity contribution is 7.79. The molecule has 1 unspecified atom stereocenters. The maximum absolute atomic E-state index is 15.3. The summed E-state index contributed by atoms with van der Waals surface area (Å²) in [5.41, 5.74) is 5.58. The largest absolute Gasteiger partial charge is 0.313 e. The minimum atomic E-state index is -3.22. The van der Waals surface area contributed by atoms with Crippen molar-refractivity contribution in [2.45, 2.75) is 39.8 Å². The Hall–Kier alpha value is -3.22. The number of benzene rings is 4. The zero-order chi connectivity index (χ0) is 24.3. The van der Waals surface area contributed by atoms with Crippen LogP contribution in [0.5, 0.6) is 0 Å². The lowest BCUT2D eigenvalue weighted by atomic mass is 10.0. The number of Topliss-reactive ketones (excluding diaryl/α,β-unsaturated/α-hetero) is 1. The van der Waals surface area contributed by atoms with E-state index in [0.29, 0.717) is 5.56 Å². The summed E-state index contributed by atoms with van der Waals surface area (Å²) in [4.78, 5) is 13.5. The summed E-state index contributed by atoms with van der Waals surface area (Å²) in [7, 11) is -3.22. The topological polar surface area (TPSA) is 34.1 Å². The number of hydrogen-bond donors (Lipinski definition) is 0. The van der Waals surface area contributed by atoms with Crippen LogP contribution in [0.1, 0.15) is 50.3 Å². The fraction of sp³-hybridized carbons (Fsp3) is 0.194. The lowest BCUT2D eigenvalue weighted by molar-refractivity contribution is 0.0981. The van der Waals surface area contributed by atoms with Gasteiger partial charge in [-0.25, -0.2) is 0 Å². The van der Waals surface area contributed by atoms with E-state index in [-0.39, 0.29) is 12.2 Å². The van der Waals surface area contributed by atoms with Gasteiger partial charge in [-0.05, 0) is 33.3 Å². The van der Waals surface area contributed by atoms with Crippen molar-refractivity contribution < 1.29 is 9.36 Å². The third-order valence-corrected chi connectivity index (χ3v) is 9.98. The molecule has 4 aromatic carbocycles. The van der Waals surface area contributed by atoms with Gasteiger partial charge in [0.2, 0.25) is 0 Å². The van der Waals surface area contributed by atoms with Crippen molar-refractivity contribution in [3.8, 4) is 0 Å². The zero-order valence-electron chi connectivity index (χ0n) is 20.3. The van der Waals surface area contributed by atoms with Crippen LogP contribution in [0.25, 0.3) is 0 Å². The molecule has 4 aromatic rings. The number of rotatable bonds is 7. The molecule has 0 saturated carbocycles. The molecule has 34 heavy (non-hydrogen) atoms. The maximum Gasteiger partial charge on any atom is 0.163 e. The Bertz CT molecular complexity index is 1270. The minimum Gasteiger partial charge on any atom is -0.313 e. The molecule has 0 N–H and O–H groups in total. The van der Waals surface area contributed by atoms with Gasteiger partial charge >= 0.3 is 0 Å². The SMILES string of the molecule is Cc1ccc(C(=O)CC(c2ccc(C)cc2)P(=O)(c2ccc(C)cc2)c2ccc(C)cc2)cc1. The van der Waals surface area contributed by atoms with Crippen LogP contribution in [0.4, 0.5) is 0 Å². The van der Waals surface area contributed by atoms with E-state index >= 15 is 4.57 Å². The Morgan fingerprint density at radius 3 is 1.35 bits per heavy atom. The number of hydrogen-bond acceptors (Lipinski definition) is 2. The van der Waals surface area contributed by atoms with Gasteiger partial charge in [0.25, 0.3) is 0 Å². The van der Waals surface area contributed by atoms with E-state index in [9.17, 15) is 4.79 Å². The van der Waals surface area contributed by atoms with E-state index in [2.05, 4.69) is 0 Å². The van der Waals surface area contributed by atoms with Crippen LogP contribution in [0, 0.1) is 27.7 Å². The molecule has 0 spiro atoms. The second-order valence-electron chi connectivity index (χ2n) is 9.25. The van der Waals surface area contributed by atoms with Gasteiger partial charge in [0.05, 0.1) is 5.66 Å². The van der Waals surface area contributed by atoms with Gasteiger partial charge in [-0.15, -0.1) is 0 Å². The van der Waals surface area contributed by atoms with Gasteiger partial charge in [-0.3, -0.25) is 4.79 Å². The van der Waals surface area contributed by atoms with Gasteiger partial charge in [0.15, 0.2) is 12.9 Å². The molecule has 0 saturated heterocycles. The molecule has 0 amide bonds. The zero-order valence-corrected chi connectivity index (χ0v) is 21.2. The van der Waals surface area contributed by atoms with Crippen LogP contribution in [0.15, 0.2) is 97.1 Å². The molecule has 0 aromatic heterocycles. The molecule has 1 atom stereocenters. The first-order valence-corrected chi connectivity index (χ1v) is 13.5. The molecule has 3 heteroatoms. The van der Waals surface area contributed by atoms with Crippen molar-refractivity contribution in [1.29, 1.82) is 0 Å². The Labute approximate surface area is 203 Å². The standard InChI is InChI=1S/C31H31O2P/c1-22-5-13-26(14-6-22)30(32)21-31(27-15-7-23(2)8-16-27)34(33,28-17-9-24(3)10-18-28)29-19-11-25(4)12-20-29/h5-20,31H,21H2,1-4H3. The summed E-state index contributed by atoms with van der Waals surface area (Å²) >= 11 is 0. The maximum atomic E-state index is 15.3. The molecule has 0 fully saturated rings. The van der Waals surface area contributed by atoms with Crippen LogP contribution in [0.2, 0.25) is 0 Å². The first kappa shape index (κ1) is 23.9. The van der Waals surface area contributed by atoms with Crippen molar-refractivity contribution in [3.63, 3.8) is 0 Å². The Morgan fingerprint density at radius 1 is 0.588 bits per heavy atom. The van der Waals surface area contributed by atoms with E-state index in [4.69, 9.17) is 0 Å². The first-order valence-electron chi connectivity index (χ1n) is 11.7. The highest BCUT2D eigenvalue weighted by atomic mass is 31.2. The van der Waals surface area contributed by atoms with Gasteiger partial charge in [-0.1, -0.05) is 119 Å².